The zero-order chi connectivity index (χ0) is 9.26. The first kappa shape index (κ1) is 8.48. The van der Waals surface area contributed by atoms with Crippen molar-refractivity contribution in [3.63, 3.8) is 0 Å². The molecule has 0 N–H and O–H groups in total. The molecule has 1 aromatic heterocycles. The van der Waals surface area contributed by atoms with E-state index in [4.69, 9.17) is 0 Å². The Morgan fingerprint density at radius 3 is 3.15 bits per heavy atom. The third-order valence-electron chi connectivity index (χ3n) is 2.50. The highest BCUT2D eigenvalue weighted by Crippen LogP contribution is 2.15. The zero-order valence-corrected chi connectivity index (χ0v) is 7.92. The maximum Gasteiger partial charge on any atom is 0.180 e. The molecule has 3 heteroatoms. The number of rotatable bonds is 1. The molecule has 3 nitrogen and oxygen atoms in total. The Kier molecular flexibility index (Phi) is 2.17. The first-order valence-electron chi connectivity index (χ1n) is 4.91. The topological polar surface area (TPSA) is 34.9 Å². The van der Waals surface area contributed by atoms with E-state index in [2.05, 4.69) is 12.0 Å². The number of hydrogen-bond donors (Lipinski definition) is 0. The van der Waals surface area contributed by atoms with Crippen molar-refractivity contribution in [2.24, 2.45) is 0 Å². The van der Waals surface area contributed by atoms with Gasteiger partial charge in [0, 0.05) is 13.0 Å². The second-order valence-electron chi connectivity index (χ2n) is 3.48. The van der Waals surface area contributed by atoms with Crippen molar-refractivity contribution in [3.8, 4) is 0 Å². The average molecular weight is 178 g/mol. The summed E-state index contributed by atoms with van der Waals surface area (Å²) in [4.78, 5) is 11.6. The van der Waals surface area contributed by atoms with Gasteiger partial charge in [0.2, 0.25) is 0 Å². The van der Waals surface area contributed by atoms with Crippen LogP contribution in [0.1, 0.15) is 42.4 Å². The van der Waals surface area contributed by atoms with E-state index in [0.717, 1.165) is 37.2 Å². The van der Waals surface area contributed by atoms with Crippen LogP contribution in [-0.4, -0.2) is 15.6 Å². The lowest BCUT2D eigenvalue weighted by Crippen LogP contribution is -2.06. The van der Waals surface area contributed by atoms with Crippen molar-refractivity contribution in [1.29, 1.82) is 0 Å². The Balaban J connectivity index is 2.39. The van der Waals surface area contributed by atoms with Gasteiger partial charge < -0.3 is 0 Å². The van der Waals surface area contributed by atoms with Crippen LogP contribution in [0.25, 0.3) is 0 Å². The van der Waals surface area contributed by atoms with Gasteiger partial charge in [-0.25, -0.2) is 0 Å². The van der Waals surface area contributed by atoms with Crippen LogP contribution in [0.5, 0.6) is 0 Å². The molecule has 2 rings (SSSR count). The standard InChI is InChI=1S/C10H14N2O/c1-2-8-7-9-10(13)5-3-4-6-12(9)11-8/h7H,2-6H2,1H3. The SMILES string of the molecule is CCc1cc2n(n1)CCCCC2=O. The Morgan fingerprint density at radius 2 is 2.38 bits per heavy atom. The molecule has 0 bridgehead atoms. The molecule has 0 fully saturated rings. The summed E-state index contributed by atoms with van der Waals surface area (Å²) in [5, 5.41) is 4.38. The number of carbonyl (C=O) groups excluding carboxylic acids is 1. The summed E-state index contributed by atoms with van der Waals surface area (Å²) >= 11 is 0. The Bertz CT molecular complexity index is 328. The van der Waals surface area contributed by atoms with Crippen molar-refractivity contribution in [1.82, 2.24) is 9.78 Å². The van der Waals surface area contributed by atoms with Crippen molar-refractivity contribution in [2.75, 3.05) is 0 Å². The fourth-order valence-electron chi connectivity index (χ4n) is 1.71. The number of carbonyl (C=O) groups is 1. The highest BCUT2D eigenvalue weighted by Gasteiger charge is 2.17. The minimum absolute atomic E-state index is 0.254. The van der Waals surface area contributed by atoms with Crippen molar-refractivity contribution >= 4 is 5.78 Å². The Labute approximate surface area is 77.7 Å². The molecule has 1 aromatic rings. The smallest absolute Gasteiger partial charge is 0.180 e. The highest BCUT2D eigenvalue weighted by molar-refractivity contribution is 5.94. The lowest BCUT2D eigenvalue weighted by Gasteiger charge is -1.98. The van der Waals surface area contributed by atoms with Crippen LogP contribution in [0.15, 0.2) is 6.07 Å². The summed E-state index contributed by atoms with van der Waals surface area (Å²) in [6.07, 6.45) is 3.68. The number of fused-ring (bicyclic) bond motifs is 1. The van der Waals surface area contributed by atoms with Crippen molar-refractivity contribution < 1.29 is 4.79 Å². The zero-order valence-electron chi connectivity index (χ0n) is 7.92. The van der Waals surface area contributed by atoms with E-state index in [1.165, 1.54) is 0 Å². The first-order chi connectivity index (χ1) is 6.31. The molecule has 0 saturated heterocycles. The van der Waals surface area contributed by atoms with Crippen LogP contribution in [0.3, 0.4) is 0 Å². The van der Waals surface area contributed by atoms with E-state index in [0.29, 0.717) is 6.42 Å². The molecule has 13 heavy (non-hydrogen) atoms. The Hall–Kier alpha value is -1.12. The second kappa shape index (κ2) is 3.32. The molecule has 0 spiro atoms. The molecule has 0 aromatic carbocycles. The summed E-state index contributed by atoms with van der Waals surface area (Å²) in [5.41, 5.74) is 1.85. The monoisotopic (exact) mass is 178 g/mol. The maximum absolute atomic E-state index is 11.6. The fourth-order valence-corrected chi connectivity index (χ4v) is 1.71. The van der Waals surface area contributed by atoms with Gasteiger partial charge in [-0.05, 0) is 25.3 Å². The average Bonchev–Trinajstić information content (AvgIpc) is 2.48. The molecule has 0 saturated carbocycles. The lowest BCUT2D eigenvalue weighted by molar-refractivity contribution is 0.0976. The fraction of sp³-hybridized carbons (Fsp3) is 0.600. The predicted molar refractivity (Wildman–Crippen MR) is 49.8 cm³/mol. The number of nitrogens with zero attached hydrogens (tertiary/aromatic N) is 2. The summed E-state index contributed by atoms with van der Waals surface area (Å²) < 4.78 is 1.87. The van der Waals surface area contributed by atoms with Gasteiger partial charge in [-0.1, -0.05) is 6.92 Å². The summed E-state index contributed by atoms with van der Waals surface area (Å²) in [5.74, 6) is 0.254. The molecular formula is C10H14N2O. The lowest BCUT2D eigenvalue weighted by atomic mass is 10.1. The number of ketones is 1. The van der Waals surface area contributed by atoms with E-state index >= 15 is 0 Å². The summed E-state index contributed by atoms with van der Waals surface area (Å²) in [6.45, 7) is 2.97. The van der Waals surface area contributed by atoms with E-state index < -0.39 is 0 Å². The second-order valence-corrected chi connectivity index (χ2v) is 3.48. The highest BCUT2D eigenvalue weighted by atomic mass is 16.1. The van der Waals surface area contributed by atoms with Crippen LogP contribution < -0.4 is 0 Å². The minimum Gasteiger partial charge on any atom is -0.292 e. The predicted octanol–water partition coefficient (Wildman–Crippen LogP) is 1.81. The van der Waals surface area contributed by atoms with Crippen molar-refractivity contribution in [3.05, 3.63) is 17.5 Å². The van der Waals surface area contributed by atoms with E-state index in [-0.39, 0.29) is 5.78 Å². The number of Topliss-reactive ketones (excluding diaryl/α,β-unsaturated/α-hetero) is 1. The van der Waals surface area contributed by atoms with E-state index in [1.807, 2.05) is 10.7 Å². The largest absolute Gasteiger partial charge is 0.292 e. The molecule has 0 aliphatic carbocycles. The molecule has 0 amide bonds. The molecule has 0 unspecified atom stereocenters. The van der Waals surface area contributed by atoms with E-state index in [9.17, 15) is 4.79 Å². The number of hydrogen-bond acceptors (Lipinski definition) is 2. The molecule has 2 heterocycles. The normalized spacial score (nSPS) is 16.8. The van der Waals surface area contributed by atoms with E-state index in [1.54, 1.807) is 0 Å². The van der Waals surface area contributed by atoms with Crippen LogP contribution in [0.4, 0.5) is 0 Å². The third-order valence-corrected chi connectivity index (χ3v) is 2.50. The molecule has 70 valence electrons. The summed E-state index contributed by atoms with van der Waals surface area (Å²) in [6, 6.07) is 1.94. The molecule has 1 aliphatic heterocycles. The van der Waals surface area contributed by atoms with Gasteiger partial charge in [0.25, 0.3) is 0 Å². The number of aromatic nitrogens is 2. The van der Waals surface area contributed by atoms with Crippen molar-refractivity contribution in [2.45, 2.75) is 39.2 Å². The van der Waals surface area contributed by atoms with Gasteiger partial charge in [-0.2, -0.15) is 5.10 Å². The maximum atomic E-state index is 11.6. The third kappa shape index (κ3) is 1.50. The quantitative estimate of drug-likeness (QED) is 0.657. The first-order valence-corrected chi connectivity index (χ1v) is 4.91. The molecule has 0 atom stereocenters. The molecular weight excluding hydrogens is 164 g/mol. The molecule has 0 radical (unpaired) electrons. The van der Waals surface area contributed by atoms with Gasteiger partial charge in [0.1, 0.15) is 5.69 Å². The van der Waals surface area contributed by atoms with Crippen LogP contribution >= 0.6 is 0 Å². The molecule has 1 aliphatic rings. The number of aryl methyl sites for hydroxylation is 2. The van der Waals surface area contributed by atoms with Gasteiger partial charge in [-0.15, -0.1) is 0 Å². The van der Waals surface area contributed by atoms with Crippen LogP contribution in [-0.2, 0) is 13.0 Å². The minimum atomic E-state index is 0.254. The van der Waals surface area contributed by atoms with Gasteiger partial charge in [-0.3, -0.25) is 9.48 Å². The van der Waals surface area contributed by atoms with Gasteiger partial charge in [0.05, 0.1) is 5.69 Å². The van der Waals surface area contributed by atoms with Gasteiger partial charge >= 0.3 is 0 Å². The van der Waals surface area contributed by atoms with Gasteiger partial charge in [0.15, 0.2) is 5.78 Å². The van der Waals surface area contributed by atoms with Crippen LogP contribution in [0.2, 0.25) is 0 Å². The van der Waals surface area contributed by atoms with Crippen LogP contribution in [0, 0.1) is 0 Å². The summed E-state index contributed by atoms with van der Waals surface area (Å²) in [7, 11) is 0. The Morgan fingerprint density at radius 1 is 1.54 bits per heavy atom.